The van der Waals surface area contributed by atoms with E-state index in [2.05, 4.69) is 44.0 Å². The minimum atomic E-state index is 0.123. The molecular weight excluding hydrogens is 220 g/mol. The fourth-order valence-electron chi connectivity index (χ4n) is 2.80. The summed E-state index contributed by atoms with van der Waals surface area (Å²) >= 11 is 0. The van der Waals surface area contributed by atoms with Crippen molar-refractivity contribution in [3.63, 3.8) is 0 Å². The quantitative estimate of drug-likeness (QED) is 0.884. The van der Waals surface area contributed by atoms with Gasteiger partial charge in [-0.1, -0.05) is 6.07 Å². The van der Waals surface area contributed by atoms with Crippen molar-refractivity contribution in [1.29, 1.82) is 0 Å². The smallest absolute Gasteiger partial charge is 0.0371 e. The van der Waals surface area contributed by atoms with Gasteiger partial charge in [0.1, 0.15) is 0 Å². The zero-order valence-electron chi connectivity index (χ0n) is 12.0. The molecule has 2 nitrogen and oxygen atoms in total. The summed E-state index contributed by atoms with van der Waals surface area (Å²) < 4.78 is 0. The lowest BCUT2D eigenvalue weighted by Crippen LogP contribution is -2.42. The molecule has 0 radical (unpaired) electrons. The molecule has 0 unspecified atom stereocenters. The fraction of sp³-hybridized carbons (Fsp3) is 0.625. The Labute approximate surface area is 111 Å². The molecule has 2 rings (SSSR count). The number of anilines is 1. The van der Waals surface area contributed by atoms with Gasteiger partial charge in [0.15, 0.2) is 0 Å². The van der Waals surface area contributed by atoms with Crippen LogP contribution < -0.4 is 10.6 Å². The van der Waals surface area contributed by atoms with Crippen molar-refractivity contribution >= 4 is 5.69 Å². The van der Waals surface area contributed by atoms with E-state index in [-0.39, 0.29) is 5.54 Å². The van der Waals surface area contributed by atoms with Crippen molar-refractivity contribution in [3.8, 4) is 0 Å². The number of aryl methyl sites for hydroxylation is 2. The summed E-state index contributed by atoms with van der Waals surface area (Å²) in [4.78, 5) is 2.37. The third-order valence-corrected chi connectivity index (χ3v) is 4.38. The van der Waals surface area contributed by atoms with E-state index in [1.54, 1.807) is 11.1 Å². The first-order valence-electron chi connectivity index (χ1n) is 7.10. The summed E-state index contributed by atoms with van der Waals surface area (Å²) in [5, 5.41) is 0. The van der Waals surface area contributed by atoms with Gasteiger partial charge in [-0.05, 0) is 75.8 Å². The highest BCUT2D eigenvalue weighted by Crippen LogP contribution is 2.29. The standard InChI is InChI=1S/C16H26N2/c1-16(2,10-11-17)18(3)15-9-8-13-6-4-5-7-14(13)12-15/h8-9,12H,4-7,10-11,17H2,1-3H3. The molecule has 18 heavy (non-hydrogen) atoms. The van der Waals surface area contributed by atoms with Crippen LogP contribution in [0.2, 0.25) is 0 Å². The lowest BCUT2D eigenvalue weighted by atomic mass is 9.90. The molecule has 1 aliphatic rings. The van der Waals surface area contributed by atoms with Crippen LogP contribution in [0.25, 0.3) is 0 Å². The molecule has 1 aliphatic carbocycles. The second-order valence-electron chi connectivity index (χ2n) is 6.07. The number of hydrogen-bond acceptors (Lipinski definition) is 2. The van der Waals surface area contributed by atoms with Crippen molar-refractivity contribution in [1.82, 2.24) is 0 Å². The van der Waals surface area contributed by atoms with E-state index >= 15 is 0 Å². The number of rotatable bonds is 4. The molecule has 100 valence electrons. The van der Waals surface area contributed by atoms with Gasteiger partial charge in [0.25, 0.3) is 0 Å². The van der Waals surface area contributed by atoms with E-state index in [0.717, 1.165) is 13.0 Å². The second-order valence-corrected chi connectivity index (χ2v) is 6.07. The average Bonchev–Trinajstić information content (AvgIpc) is 2.37. The van der Waals surface area contributed by atoms with Gasteiger partial charge in [-0.25, -0.2) is 0 Å². The first-order valence-corrected chi connectivity index (χ1v) is 7.10. The normalized spacial score (nSPS) is 15.3. The second kappa shape index (κ2) is 5.31. The van der Waals surface area contributed by atoms with Gasteiger partial charge in [0.05, 0.1) is 0 Å². The minimum Gasteiger partial charge on any atom is -0.369 e. The number of nitrogens with two attached hydrogens (primary N) is 1. The van der Waals surface area contributed by atoms with E-state index < -0.39 is 0 Å². The summed E-state index contributed by atoms with van der Waals surface area (Å²) in [7, 11) is 2.18. The highest BCUT2D eigenvalue weighted by molar-refractivity contribution is 5.52. The maximum atomic E-state index is 5.71. The van der Waals surface area contributed by atoms with Crippen LogP contribution in [0.1, 0.15) is 44.2 Å². The van der Waals surface area contributed by atoms with Gasteiger partial charge in [-0.15, -0.1) is 0 Å². The van der Waals surface area contributed by atoms with Crippen molar-refractivity contribution in [2.24, 2.45) is 5.73 Å². The van der Waals surface area contributed by atoms with Gasteiger partial charge in [-0.2, -0.15) is 0 Å². The first kappa shape index (κ1) is 13.4. The van der Waals surface area contributed by atoms with E-state index in [1.807, 2.05) is 0 Å². The molecule has 1 aromatic rings. The Bertz CT molecular complexity index is 410. The van der Waals surface area contributed by atoms with E-state index in [0.29, 0.717) is 0 Å². The number of nitrogens with zero attached hydrogens (tertiary/aromatic N) is 1. The Morgan fingerprint density at radius 1 is 1.17 bits per heavy atom. The zero-order chi connectivity index (χ0) is 13.2. The monoisotopic (exact) mass is 246 g/mol. The molecule has 0 amide bonds. The topological polar surface area (TPSA) is 29.3 Å². The van der Waals surface area contributed by atoms with Crippen molar-refractivity contribution in [3.05, 3.63) is 29.3 Å². The SMILES string of the molecule is CN(c1ccc2c(c1)CCCC2)C(C)(C)CCN. The van der Waals surface area contributed by atoms with Crippen LogP contribution in [-0.4, -0.2) is 19.1 Å². The molecule has 1 aromatic carbocycles. The molecule has 0 fully saturated rings. The van der Waals surface area contributed by atoms with Gasteiger partial charge < -0.3 is 10.6 Å². The Morgan fingerprint density at radius 3 is 2.50 bits per heavy atom. The summed E-state index contributed by atoms with van der Waals surface area (Å²) in [5.74, 6) is 0. The predicted octanol–water partition coefficient (Wildman–Crippen LogP) is 3.13. The number of benzene rings is 1. The zero-order valence-corrected chi connectivity index (χ0v) is 12.0. The first-order chi connectivity index (χ1) is 8.54. The van der Waals surface area contributed by atoms with Crippen LogP contribution in [0.4, 0.5) is 5.69 Å². The third kappa shape index (κ3) is 2.69. The summed E-state index contributed by atoms with van der Waals surface area (Å²) in [6.07, 6.45) is 6.20. The van der Waals surface area contributed by atoms with Crippen LogP contribution in [0.5, 0.6) is 0 Å². The Kier molecular flexibility index (Phi) is 3.96. The van der Waals surface area contributed by atoms with Crippen LogP contribution in [-0.2, 0) is 12.8 Å². The molecule has 2 heteroatoms. The average molecular weight is 246 g/mol. The Hall–Kier alpha value is -1.02. The molecule has 0 saturated heterocycles. The van der Waals surface area contributed by atoms with Crippen molar-refractivity contribution in [2.45, 2.75) is 51.5 Å². The van der Waals surface area contributed by atoms with Crippen LogP contribution in [0, 0.1) is 0 Å². The van der Waals surface area contributed by atoms with E-state index in [1.165, 1.54) is 31.4 Å². The fourth-order valence-corrected chi connectivity index (χ4v) is 2.80. The lowest BCUT2D eigenvalue weighted by molar-refractivity contribution is 0.456. The molecule has 0 heterocycles. The molecule has 0 atom stereocenters. The number of fused-ring (bicyclic) bond motifs is 1. The number of hydrogen-bond donors (Lipinski definition) is 1. The largest absolute Gasteiger partial charge is 0.369 e. The Balaban J connectivity index is 2.23. The van der Waals surface area contributed by atoms with Gasteiger partial charge in [0.2, 0.25) is 0 Å². The molecule has 0 aromatic heterocycles. The molecular formula is C16H26N2. The summed E-state index contributed by atoms with van der Waals surface area (Å²) in [5.41, 5.74) is 10.3. The molecule has 2 N–H and O–H groups in total. The van der Waals surface area contributed by atoms with Crippen LogP contribution in [0.3, 0.4) is 0 Å². The van der Waals surface area contributed by atoms with Gasteiger partial charge >= 0.3 is 0 Å². The van der Waals surface area contributed by atoms with Crippen LogP contribution >= 0.6 is 0 Å². The Morgan fingerprint density at radius 2 is 1.83 bits per heavy atom. The van der Waals surface area contributed by atoms with E-state index in [9.17, 15) is 0 Å². The minimum absolute atomic E-state index is 0.123. The van der Waals surface area contributed by atoms with E-state index in [4.69, 9.17) is 5.73 Å². The third-order valence-electron chi connectivity index (χ3n) is 4.38. The highest BCUT2D eigenvalue weighted by Gasteiger charge is 2.23. The predicted molar refractivity (Wildman–Crippen MR) is 79.2 cm³/mol. The van der Waals surface area contributed by atoms with Gasteiger partial charge in [0, 0.05) is 18.3 Å². The molecule has 0 aliphatic heterocycles. The maximum Gasteiger partial charge on any atom is 0.0371 e. The summed E-state index contributed by atoms with van der Waals surface area (Å²) in [6.45, 7) is 5.26. The van der Waals surface area contributed by atoms with Crippen molar-refractivity contribution in [2.75, 3.05) is 18.5 Å². The van der Waals surface area contributed by atoms with Crippen LogP contribution in [0.15, 0.2) is 18.2 Å². The molecule has 0 spiro atoms. The van der Waals surface area contributed by atoms with Crippen molar-refractivity contribution < 1.29 is 0 Å². The maximum absolute atomic E-state index is 5.71. The van der Waals surface area contributed by atoms with Gasteiger partial charge in [-0.3, -0.25) is 0 Å². The lowest BCUT2D eigenvalue weighted by Gasteiger charge is -2.38. The highest BCUT2D eigenvalue weighted by atomic mass is 15.2. The molecule has 0 bridgehead atoms. The molecule has 0 saturated carbocycles. The summed E-state index contributed by atoms with van der Waals surface area (Å²) in [6, 6.07) is 6.97.